The number of esters is 1. The number of methoxy groups -OCH3 is 2. The maximum atomic E-state index is 12.8. The van der Waals surface area contributed by atoms with Crippen LogP contribution in [0.5, 0.6) is 17.2 Å². The van der Waals surface area contributed by atoms with Crippen LogP contribution >= 0.6 is 11.3 Å². The summed E-state index contributed by atoms with van der Waals surface area (Å²) < 4.78 is 22.7. The SMILES string of the molecule is CCOC(=O)C(C)(Oc1ccc(C#N)cc1)C(O)c1cc2cc(OC)c(OC)cc2s1. The van der Waals surface area contributed by atoms with Gasteiger partial charge in [0.05, 0.1) is 32.5 Å². The number of benzene rings is 2. The van der Waals surface area contributed by atoms with E-state index < -0.39 is 17.7 Å². The van der Waals surface area contributed by atoms with Crippen LogP contribution in [0.2, 0.25) is 0 Å². The van der Waals surface area contributed by atoms with Crippen molar-refractivity contribution in [3.8, 4) is 23.3 Å². The molecule has 3 rings (SSSR count). The molecule has 1 heterocycles. The molecule has 7 nitrogen and oxygen atoms in total. The first-order chi connectivity index (χ1) is 14.9. The van der Waals surface area contributed by atoms with Gasteiger partial charge in [0.1, 0.15) is 11.9 Å². The molecule has 0 saturated heterocycles. The van der Waals surface area contributed by atoms with Crippen LogP contribution in [-0.4, -0.2) is 37.5 Å². The van der Waals surface area contributed by atoms with E-state index in [-0.39, 0.29) is 6.61 Å². The van der Waals surface area contributed by atoms with Crippen molar-refractivity contribution < 1.29 is 28.8 Å². The molecule has 2 aromatic carbocycles. The fourth-order valence-electron chi connectivity index (χ4n) is 3.12. The third-order valence-corrected chi connectivity index (χ3v) is 5.98. The number of rotatable bonds is 8. The number of carbonyl (C=O) groups excluding carboxylic acids is 1. The van der Waals surface area contributed by atoms with Crippen molar-refractivity contribution in [2.75, 3.05) is 20.8 Å². The number of hydrogen-bond acceptors (Lipinski definition) is 8. The maximum absolute atomic E-state index is 12.8. The second-order valence-electron chi connectivity index (χ2n) is 6.86. The Morgan fingerprint density at radius 2 is 1.81 bits per heavy atom. The van der Waals surface area contributed by atoms with Gasteiger partial charge in [-0.3, -0.25) is 0 Å². The molecular weight excluding hydrogens is 418 g/mol. The lowest BCUT2D eigenvalue weighted by Gasteiger charge is -2.32. The van der Waals surface area contributed by atoms with Crippen LogP contribution in [0.4, 0.5) is 0 Å². The van der Waals surface area contributed by atoms with Gasteiger partial charge in [-0.15, -0.1) is 11.3 Å². The van der Waals surface area contributed by atoms with Gasteiger partial charge in [0, 0.05) is 15.6 Å². The van der Waals surface area contributed by atoms with Gasteiger partial charge in [-0.1, -0.05) is 0 Å². The molecule has 0 amide bonds. The number of fused-ring (bicyclic) bond motifs is 1. The van der Waals surface area contributed by atoms with Gasteiger partial charge in [0.2, 0.25) is 5.60 Å². The van der Waals surface area contributed by atoms with Crippen LogP contribution in [0.25, 0.3) is 10.1 Å². The summed E-state index contributed by atoms with van der Waals surface area (Å²) in [6.45, 7) is 3.31. The zero-order chi connectivity index (χ0) is 22.6. The second kappa shape index (κ2) is 9.25. The highest BCUT2D eigenvalue weighted by Crippen LogP contribution is 2.41. The minimum absolute atomic E-state index is 0.138. The van der Waals surface area contributed by atoms with Crippen LogP contribution < -0.4 is 14.2 Å². The van der Waals surface area contributed by atoms with E-state index in [1.165, 1.54) is 18.3 Å². The highest BCUT2D eigenvalue weighted by Gasteiger charge is 2.46. The van der Waals surface area contributed by atoms with Crippen molar-refractivity contribution in [2.45, 2.75) is 25.6 Å². The van der Waals surface area contributed by atoms with E-state index in [4.69, 9.17) is 24.2 Å². The number of nitriles is 1. The molecule has 1 aromatic heterocycles. The minimum atomic E-state index is -1.71. The molecular formula is C23H23NO6S. The predicted molar refractivity (Wildman–Crippen MR) is 117 cm³/mol. The first-order valence-corrected chi connectivity index (χ1v) is 10.4. The third-order valence-electron chi connectivity index (χ3n) is 4.83. The summed E-state index contributed by atoms with van der Waals surface area (Å²) in [5.74, 6) is 0.772. The van der Waals surface area contributed by atoms with Gasteiger partial charge in [-0.25, -0.2) is 4.79 Å². The Kier molecular flexibility index (Phi) is 6.68. The average molecular weight is 442 g/mol. The summed E-state index contributed by atoms with van der Waals surface area (Å²) in [5.41, 5.74) is -1.25. The van der Waals surface area contributed by atoms with E-state index in [1.807, 2.05) is 18.2 Å². The van der Waals surface area contributed by atoms with Crippen molar-refractivity contribution in [1.29, 1.82) is 5.26 Å². The molecule has 0 aliphatic carbocycles. The lowest BCUT2D eigenvalue weighted by atomic mass is 9.97. The number of aliphatic hydroxyl groups is 1. The van der Waals surface area contributed by atoms with Gasteiger partial charge >= 0.3 is 5.97 Å². The van der Waals surface area contributed by atoms with Crippen molar-refractivity contribution in [3.05, 3.63) is 52.9 Å². The number of carbonyl (C=O) groups is 1. The number of thiophene rings is 1. The molecule has 0 aliphatic rings. The predicted octanol–water partition coefficient (Wildman–Crippen LogP) is 4.22. The largest absolute Gasteiger partial charge is 0.493 e. The Morgan fingerprint density at radius 3 is 2.39 bits per heavy atom. The van der Waals surface area contributed by atoms with Crippen LogP contribution in [-0.2, 0) is 9.53 Å². The van der Waals surface area contributed by atoms with Crippen molar-refractivity contribution in [2.24, 2.45) is 0 Å². The van der Waals surface area contributed by atoms with E-state index >= 15 is 0 Å². The Morgan fingerprint density at radius 1 is 1.16 bits per heavy atom. The molecule has 1 N–H and O–H groups in total. The second-order valence-corrected chi connectivity index (χ2v) is 7.98. The fraction of sp³-hybridized carbons (Fsp3) is 0.304. The normalized spacial score (nSPS) is 13.7. The topological polar surface area (TPSA) is 98.0 Å². The third kappa shape index (κ3) is 4.43. The molecule has 162 valence electrons. The first kappa shape index (κ1) is 22.4. The maximum Gasteiger partial charge on any atom is 0.353 e. The molecule has 0 spiro atoms. The lowest BCUT2D eigenvalue weighted by molar-refractivity contribution is -0.170. The zero-order valence-corrected chi connectivity index (χ0v) is 18.5. The Bertz CT molecular complexity index is 1080. The average Bonchev–Trinajstić information content (AvgIpc) is 3.20. The van der Waals surface area contributed by atoms with E-state index in [1.54, 1.807) is 51.5 Å². The molecule has 0 fully saturated rings. The smallest absolute Gasteiger partial charge is 0.353 e. The number of hydrogen-bond donors (Lipinski definition) is 1. The van der Waals surface area contributed by atoms with E-state index in [9.17, 15) is 9.90 Å². The van der Waals surface area contributed by atoms with Crippen LogP contribution in [0.15, 0.2) is 42.5 Å². The Labute approximate surface area is 184 Å². The molecule has 0 aliphatic heterocycles. The Hall–Kier alpha value is -3.28. The molecule has 31 heavy (non-hydrogen) atoms. The molecule has 0 saturated carbocycles. The minimum Gasteiger partial charge on any atom is -0.493 e. The molecule has 2 unspecified atom stereocenters. The summed E-state index contributed by atoms with van der Waals surface area (Å²) in [4.78, 5) is 13.4. The van der Waals surface area contributed by atoms with E-state index in [0.717, 1.165) is 10.1 Å². The molecule has 8 heteroatoms. The van der Waals surface area contributed by atoms with Crippen LogP contribution in [0.1, 0.15) is 30.4 Å². The highest BCUT2D eigenvalue weighted by molar-refractivity contribution is 7.19. The number of aliphatic hydroxyl groups excluding tert-OH is 1. The summed E-state index contributed by atoms with van der Waals surface area (Å²) in [7, 11) is 3.10. The van der Waals surface area contributed by atoms with Crippen molar-refractivity contribution >= 4 is 27.4 Å². The van der Waals surface area contributed by atoms with Crippen LogP contribution in [0.3, 0.4) is 0 Å². The quantitative estimate of drug-likeness (QED) is 0.523. The lowest BCUT2D eigenvalue weighted by Crippen LogP contribution is -2.48. The summed E-state index contributed by atoms with van der Waals surface area (Å²) >= 11 is 1.32. The van der Waals surface area contributed by atoms with Gasteiger partial charge in [-0.05, 0) is 55.6 Å². The Balaban J connectivity index is 2.01. The molecule has 0 radical (unpaired) electrons. The van der Waals surface area contributed by atoms with E-state index in [0.29, 0.717) is 27.7 Å². The highest BCUT2D eigenvalue weighted by atomic mass is 32.1. The summed E-state index contributed by atoms with van der Waals surface area (Å²) in [6.07, 6.45) is -1.31. The van der Waals surface area contributed by atoms with Crippen molar-refractivity contribution in [3.63, 3.8) is 0 Å². The van der Waals surface area contributed by atoms with Gasteiger partial charge in [0.25, 0.3) is 0 Å². The molecule has 2 atom stereocenters. The molecule has 0 bridgehead atoms. The monoisotopic (exact) mass is 441 g/mol. The summed E-state index contributed by atoms with van der Waals surface area (Å²) in [6, 6.07) is 13.7. The van der Waals surface area contributed by atoms with Gasteiger partial charge < -0.3 is 24.1 Å². The zero-order valence-electron chi connectivity index (χ0n) is 17.7. The molecule has 3 aromatic rings. The fourth-order valence-corrected chi connectivity index (χ4v) is 4.30. The first-order valence-electron chi connectivity index (χ1n) is 9.56. The van der Waals surface area contributed by atoms with Gasteiger partial charge in [-0.2, -0.15) is 5.26 Å². The van der Waals surface area contributed by atoms with Crippen LogP contribution in [0, 0.1) is 11.3 Å². The number of nitrogens with zero attached hydrogens (tertiary/aromatic N) is 1. The van der Waals surface area contributed by atoms with E-state index in [2.05, 4.69) is 0 Å². The number of ether oxygens (including phenoxy) is 4. The van der Waals surface area contributed by atoms with Crippen molar-refractivity contribution in [1.82, 2.24) is 0 Å². The van der Waals surface area contributed by atoms with Gasteiger partial charge in [0.15, 0.2) is 11.5 Å². The summed E-state index contributed by atoms with van der Waals surface area (Å²) in [5, 5.41) is 21.0. The standard InChI is InChI=1S/C23H23NO6S/c1-5-29-22(26)23(2,30-16-8-6-14(13-24)7-9-16)21(25)20-11-15-10-17(27-3)18(28-4)12-19(15)31-20/h6-12,21,25H,5H2,1-4H3.